The first-order valence-electron chi connectivity index (χ1n) is 7.55. The Labute approximate surface area is 109 Å². The summed E-state index contributed by atoms with van der Waals surface area (Å²) in [4.78, 5) is 0. The molecule has 0 nitrogen and oxygen atoms in total. The van der Waals surface area contributed by atoms with Gasteiger partial charge in [0.25, 0.3) is 0 Å². The van der Waals surface area contributed by atoms with E-state index in [0.29, 0.717) is 0 Å². The van der Waals surface area contributed by atoms with Gasteiger partial charge >= 0.3 is 0 Å². The molecule has 0 bridgehead atoms. The zero-order valence-corrected chi connectivity index (χ0v) is 11.9. The molecule has 0 heteroatoms. The van der Waals surface area contributed by atoms with Crippen LogP contribution >= 0.6 is 0 Å². The average Bonchev–Trinajstić information content (AvgIpc) is 2.35. The van der Waals surface area contributed by atoms with Crippen LogP contribution in [-0.2, 0) is 0 Å². The first kappa shape index (κ1) is 16.3. The van der Waals surface area contributed by atoms with Crippen molar-refractivity contribution in [2.45, 2.75) is 84.5 Å². The predicted octanol–water partition coefficient (Wildman–Crippen LogP) is 5.88. The summed E-state index contributed by atoms with van der Waals surface area (Å²) in [5, 5.41) is 0. The van der Waals surface area contributed by atoms with Gasteiger partial charge in [0.05, 0.1) is 0 Å². The van der Waals surface area contributed by atoms with Crippen LogP contribution in [-0.4, -0.2) is 0 Å². The van der Waals surface area contributed by atoms with Crippen LogP contribution in [0.4, 0.5) is 0 Å². The van der Waals surface area contributed by atoms with Crippen molar-refractivity contribution in [2.24, 2.45) is 0 Å². The molecule has 0 saturated heterocycles. The molecule has 0 N–H and O–H groups in total. The lowest BCUT2D eigenvalue weighted by atomic mass is 10.1. The zero-order valence-electron chi connectivity index (χ0n) is 11.9. The number of hydrogen-bond acceptors (Lipinski definition) is 0. The standard InChI is InChI=1S/C17H30/c1-3-5-7-9-11-13-15-17-16-14-12-10-8-6-4-2/h11,13H,3-10,12,14,16H2,1-2H3. The van der Waals surface area contributed by atoms with Gasteiger partial charge in [0.15, 0.2) is 0 Å². The zero-order chi connectivity index (χ0) is 12.6. The van der Waals surface area contributed by atoms with E-state index in [2.05, 4.69) is 31.8 Å². The number of rotatable bonds is 10. The fourth-order valence-corrected chi connectivity index (χ4v) is 1.78. The molecule has 0 radical (unpaired) electrons. The van der Waals surface area contributed by atoms with Crippen LogP contribution in [0.2, 0.25) is 0 Å². The van der Waals surface area contributed by atoms with Crippen molar-refractivity contribution in [3.05, 3.63) is 12.2 Å². The van der Waals surface area contributed by atoms with E-state index in [1.165, 1.54) is 64.2 Å². The Morgan fingerprint density at radius 1 is 0.765 bits per heavy atom. The Balaban J connectivity index is 3.19. The summed E-state index contributed by atoms with van der Waals surface area (Å²) in [6, 6.07) is 0. The van der Waals surface area contributed by atoms with E-state index in [0.717, 1.165) is 6.42 Å². The highest BCUT2D eigenvalue weighted by molar-refractivity contribution is 5.14. The average molecular weight is 234 g/mol. The van der Waals surface area contributed by atoms with Gasteiger partial charge in [-0.05, 0) is 25.3 Å². The summed E-state index contributed by atoms with van der Waals surface area (Å²) in [5.74, 6) is 6.36. The summed E-state index contributed by atoms with van der Waals surface area (Å²) in [6.07, 6.45) is 18.6. The maximum Gasteiger partial charge on any atom is 0.00922 e. The minimum Gasteiger partial charge on any atom is -0.0985 e. The lowest BCUT2D eigenvalue weighted by molar-refractivity contribution is 0.614. The molecule has 0 aromatic heterocycles. The molecule has 0 aliphatic rings. The van der Waals surface area contributed by atoms with Crippen molar-refractivity contribution in [3.8, 4) is 11.8 Å². The number of unbranched alkanes of at least 4 members (excludes halogenated alkanes) is 9. The van der Waals surface area contributed by atoms with E-state index < -0.39 is 0 Å². The Morgan fingerprint density at radius 2 is 1.41 bits per heavy atom. The van der Waals surface area contributed by atoms with Crippen LogP contribution in [0.5, 0.6) is 0 Å². The Kier molecular flexibility index (Phi) is 14.7. The molecule has 0 spiro atoms. The molecule has 0 aliphatic heterocycles. The van der Waals surface area contributed by atoms with Crippen molar-refractivity contribution >= 4 is 0 Å². The lowest BCUT2D eigenvalue weighted by Crippen LogP contribution is -1.77. The fourth-order valence-electron chi connectivity index (χ4n) is 1.78. The second kappa shape index (κ2) is 15.3. The minimum absolute atomic E-state index is 1.07. The van der Waals surface area contributed by atoms with Gasteiger partial charge in [-0.1, -0.05) is 76.7 Å². The Hall–Kier alpha value is -0.700. The highest BCUT2D eigenvalue weighted by Gasteiger charge is 1.87. The Bertz CT molecular complexity index is 214. The fraction of sp³-hybridized carbons (Fsp3) is 0.765. The van der Waals surface area contributed by atoms with Crippen LogP contribution < -0.4 is 0 Å². The summed E-state index contributed by atoms with van der Waals surface area (Å²) in [6.45, 7) is 4.50. The van der Waals surface area contributed by atoms with E-state index in [1.54, 1.807) is 0 Å². The van der Waals surface area contributed by atoms with Gasteiger partial charge in [0.1, 0.15) is 0 Å². The van der Waals surface area contributed by atoms with Crippen molar-refractivity contribution in [2.75, 3.05) is 0 Å². The second-order valence-electron chi connectivity index (χ2n) is 4.74. The molecule has 0 saturated carbocycles. The highest BCUT2D eigenvalue weighted by Crippen LogP contribution is 2.06. The van der Waals surface area contributed by atoms with Gasteiger partial charge in [-0.15, -0.1) is 0 Å². The largest absolute Gasteiger partial charge is 0.0985 e. The third kappa shape index (κ3) is 15.3. The highest BCUT2D eigenvalue weighted by atomic mass is 13.9. The van der Waals surface area contributed by atoms with Crippen LogP contribution in [0.15, 0.2) is 12.2 Å². The molecule has 0 atom stereocenters. The van der Waals surface area contributed by atoms with Crippen molar-refractivity contribution in [3.63, 3.8) is 0 Å². The molecule has 17 heavy (non-hydrogen) atoms. The van der Waals surface area contributed by atoms with E-state index in [1.807, 2.05) is 6.08 Å². The summed E-state index contributed by atoms with van der Waals surface area (Å²) in [7, 11) is 0. The third-order valence-corrected chi connectivity index (χ3v) is 2.93. The van der Waals surface area contributed by atoms with Gasteiger partial charge in [-0.25, -0.2) is 0 Å². The molecule has 0 aromatic carbocycles. The van der Waals surface area contributed by atoms with E-state index >= 15 is 0 Å². The molecule has 0 aromatic rings. The molecular weight excluding hydrogens is 204 g/mol. The predicted molar refractivity (Wildman–Crippen MR) is 79.1 cm³/mol. The van der Waals surface area contributed by atoms with Gasteiger partial charge in [0.2, 0.25) is 0 Å². The van der Waals surface area contributed by atoms with E-state index in [4.69, 9.17) is 0 Å². The molecule has 98 valence electrons. The molecule has 0 amide bonds. The van der Waals surface area contributed by atoms with Crippen LogP contribution in [0.25, 0.3) is 0 Å². The summed E-state index contributed by atoms with van der Waals surface area (Å²) in [5.41, 5.74) is 0. The summed E-state index contributed by atoms with van der Waals surface area (Å²) < 4.78 is 0. The minimum atomic E-state index is 1.07. The SMILES string of the molecule is CCCCCC=CC#CCCCCCCCC. The van der Waals surface area contributed by atoms with Crippen LogP contribution in [0.3, 0.4) is 0 Å². The Morgan fingerprint density at radius 3 is 2.18 bits per heavy atom. The molecule has 0 rings (SSSR count). The maximum absolute atomic E-state index is 3.23. The summed E-state index contributed by atoms with van der Waals surface area (Å²) >= 11 is 0. The second-order valence-corrected chi connectivity index (χ2v) is 4.74. The van der Waals surface area contributed by atoms with Crippen molar-refractivity contribution in [1.82, 2.24) is 0 Å². The van der Waals surface area contributed by atoms with E-state index in [-0.39, 0.29) is 0 Å². The number of hydrogen-bond donors (Lipinski definition) is 0. The third-order valence-electron chi connectivity index (χ3n) is 2.93. The lowest BCUT2D eigenvalue weighted by Gasteiger charge is -1.96. The van der Waals surface area contributed by atoms with Crippen LogP contribution in [0.1, 0.15) is 84.5 Å². The van der Waals surface area contributed by atoms with Gasteiger partial charge < -0.3 is 0 Å². The van der Waals surface area contributed by atoms with Gasteiger partial charge in [0, 0.05) is 6.42 Å². The number of allylic oxidation sites excluding steroid dienone is 2. The molecule has 0 unspecified atom stereocenters. The van der Waals surface area contributed by atoms with Crippen molar-refractivity contribution < 1.29 is 0 Å². The topological polar surface area (TPSA) is 0 Å². The molecular formula is C17H30. The molecule has 0 heterocycles. The molecule has 0 aliphatic carbocycles. The maximum atomic E-state index is 3.23. The van der Waals surface area contributed by atoms with E-state index in [9.17, 15) is 0 Å². The van der Waals surface area contributed by atoms with Crippen LogP contribution in [0, 0.1) is 11.8 Å². The quantitative estimate of drug-likeness (QED) is 0.327. The first-order chi connectivity index (χ1) is 8.41. The molecule has 0 fully saturated rings. The normalized spacial score (nSPS) is 10.5. The smallest absolute Gasteiger partial charge is 0.00922 e. The van der Waals surface area contributed by atoms with Crippen molar-refractivity contribution in [1.29, 1.82) is 0 Å². The first-order valence-corrected chi connectivity index (χ1v) is 7.55. The van der Waals surface area contributed by atoms with Gasteiger partial charge in [-0.2, -0.15) is 0 Å². The van der Waals surface area contributed by atoms with Gasteiger partial charge in [-0.3, -0.25) is 0 Å². The monoisotopic (exact) mass is 234 g/mol.